The molecule has 1 aromatic carbocycles. The van der Waals surface area contributed by atoms with E-state index in [0.717, 1.165) is 11.8 Å². The minimum Gasteiger partial charge on any atom is -0.261 e. The molecule has 0 amide bonds. The predicted octanol–water partition coefficient (Wildman–Crippen LogP) is 2.16. The van der Waals surface area contributed by atoms with E-state index in [4.69, 9.17) is 11.6 Å². The van der Waals surface area contributed by atoms with Gasteiger partial charge in [0.25, 0.3) is 5.69 Å². The molecule has 0 aliphatic rings. The number of nitrogens with zero attached hydrogens (tertiary/aromatic N) is 2. The Labute approximate surface area is 132 Å². The summed E-state index contributed by atoms with van der Waals surface area (Å²) in [5.74, 6) is 0. The van der Waals surface area contributed by atoms with Gasteiger partial charge in [-0.15, -0.1) is 0 Å². The minimum atomic E-state index is -3.84. The van der Waals surface area contributed by atoms with Gasteiger partial charge in [0, 0.05) is 30.9 Å². The van der Waals surface area contributed by atoms with Gasteiger partial charge in [0.05, 0.1) is 9.82 Å². The fraction of sp³-hybridized carbons (Fsp3) is 0.154. The molecule has 0 radical (unpaired) electrons. The molecule has 1 aromatic heterocycles. The van der Waals surface area contributed by atoms with Crippen molar-refractivity contribution in [3.8, 4) is 0 Å². The normalized spacial score (nSPS) is 11.3. The van der Waals surface area contributed by atoms with Gasteiger partial charge in [0.2, 0.25) is 10.0 Å². The van der Waals surface area contributed by atoms with E-state index in [9.17, 15) is 18.5 Å². The van der Waals surface area contributed by atoms with Crippen molar-refractivity contribution in [2.45, 2.75) is 11.3 Å². The van der Waals surface area contributed by atoms with Crippen LogP contribution in [0.4, 0.5) is 5.69 Å². The number of pyridine rings is 1. The highest BCUT2D eigenvalue weighted by Crippen LogP contribution is 2.26. The second-order valence-corrected chi connectivity index (χ2v) is 6.51. The van der Waals surface area contributed by atoms with E-state index in [1.807, 2.05) is 0 Å². The molecule has 2 aromatic rings. The van der Waals surface area contributed by atoms with E-state index in [-0.39, 0.29) is 16.5 Å². The molecule has 9 heteroatoms. The molecule has 0 saturated carbocycles. The summed E-state index contributed by atoms with van der Waals surface area (Å²) in [6, 6.07) is 8.69. The van der Waals surface area contributed by atoms with Gasteiger partial charge in [-0.2, -0.15) is 0 Å². The third-order valence-electron chi connectivity index (χ3n) is 2.82. The highest BCUT2D eigenvalue weighted by molar-refractivity contribution is 7.89. The first kappa shape index (κ1) is 16.3. The number of aromatic nitrogens is 1. The highest BCUT2D eigenvalue weighted by Gasteiger charge is 2.20. The largest absolute Gasteiger partial charge is 0.289 e. The molecule has 0 aliphatic heterocycles. The number of nitrogens with one attached hydrogen (secondary N) is 1. The number of rotatable bonds is 6. The lowest BCUT2D eigenvalue weighted by atomic mass is 10.3. The number of halogens is 1. The van der Waals surface area contributed by atoms with Crippen LogP contribution in [0, 0.1) is 10.1 Å². The van der Waals surface area contributed by atoms with Crippen molar-refractivity contribution in [3.63, 3.8) is 0 Å². The fourth-order valence-corrected chi connectivity index (χ4v) is 2.98. The van der Waals surface area contributed by atoms with E-state index in [0.29, 0.717) is 6.42 Å². The summed E-state index contributed by atoms with van der Waals surface area (Å²) in [5.41, 5.74) is 0.293. The van der Waals surface area contributed by atoms with E-state index < -0.39 is 20.6 Å². The zero-order valence-corrected chi connectivity index (χ0v) is 12.8. The SMILES string of the molecule is O=[N+]([O-])c1cc(S(=O)(=O)NCCc2ccccn2)ccc1Cl. The van der Waals surface area contributed by atoms with Gasteiger partial charge in [-0.3, -0.25) is 15.1 Å². The second kappa shape index (κ2) is 6.82. The van der Waals surface area contributed by atoms with Crippen LogP contribution in [0.25, 0.3) is 0 Å². The van der Waals surface area contributed by atoms with Crippen molar-refractivity contribution in [1.29, 1.82) is 0 Å². The summed E-state index contributed by atoms with van der Waals surface area (Å²) < 4.78 is 26.6. The van der Waals surface area contributed by atoms with Crippen molar-refractivity contribution >= 4 is 27.3 Å². The maximum absolute atomic E-state index is 12.1. The number of nitro groups is 1. The average Bonchev–Trinajstić information content (AvgIpc) is 2.48. The first-order valence-corrected chi connectivity index (χ1v) is 8.10. The van der Waals surface area contributed by atoms with Crippen molar-refractivity contribution in [2.75, 3.05) is 6.54 Å². The molecule has 0 aliphatic carbocycles. The summed E-state index contributed by atoms with van der Waals surface area (Å²) in [6.07, 6.45) is 2.03. The Morgan fingerprint density at radius 3 is 2.68 bits per heavy atom. The molecule has 2 rings (SSSR count). The number of hydrogen-bond acceptors (Lipinski definition) is 5. The number of sulfonamides is 1. The topological polar surface area (TPSA) is 102 Å². The molecule has 0 spiro atoms. The monoisotopic (exact) mass is 341 g/mol. The standard InChI is InChI=1S/C13H12ClN3O4S/c14-12-5-4-11(9-13(12)17(18)19)22(20,21)16-8-6-10-3-1-2-7-15-10/h1-5,7,9,16H,6,8H2. The molecular formula is C13H12ClN3O4S. The Balaban J connectivity index is 2.10. The fourth-order valence-electron chi connectivity index (χ4n) is 1.74. The summed E-state index contributed by atoms with van der Waals surface area (Å²) in [5, 5.41) is 10.7. The third-order valence-corrected chi connectivity index (χ3v) is 4.60. The number of hydrogen-bond donors (Lipinski definition) is 1. The van der Waals surface area contributed by atoms with Crippen molar-refractivity contribution in [2.24, 2.45) is 0 Å². The van der Waals surface area contributed by atoms with E-state index in [2.05, 4.69) is 9.71 Å². The molecule has 1 N–H and O–H groups in total. The Hall–Kier alpha value is -2.03. The Morgan fingerprint density at radius 2 is 2.05 bits per heavy atom. The molecule has 0 saturated heterocycles. The smallest absolute Gasteiger partial charge is 0.261 e. The van der Waals surface area contributed by atoms with Crippen LogP contribution in [0.5, 0.6) is 0 Å². The summed E-state index contributed by atoms with van der Waals surface area (Å²) in [6.45, 7) is 0.135. The van der Waals surface area contributed by atoms with Crippen LogP contribution in [0.1, 0.15) is 5.69 Å². The van der Waals surface area contributed by atoms with Crippen LogP contribution >= 0.6 is 11.6 Å². The molecule has 0 bridgehead atoms. The molecule has 0 atom stereocenters. The Bertz CT molecular complexity index is 781. The molecule has 22 heavy (non-hydrogen) atoms. The molecule has 7 nitrogen and oxygen atoms in total. The van der Waals surface area contributed by atoms with Crippen molar-refractivity contribution in [1.82, 2.24) is 9.71 Å². The van der Waals surface area contributed by atoms with Gasteiger partial charge in [-0.25, -0.2) is 13.1 Å². The average molecular weight is 342 g/mol. The van der Waals surface area contributed by atoms with Crippen LogP contribution in [0.2, 0.25) is 5.02 Å². The zero-order chi connectivity index (χ0) is 16.2. The van der Waals surface area contributed by atoms with Crippen LogP contribution in [-0.4, -0.2) is 24.9 Å². The lowest BCUT2D eigenvalue weighted by molar-refractivity contribution is -0.384. The van der Waals surface area contributed by atoms with E-state index >= 15 is 0 Å². The first-order chi connectivity index (χ1) is 10.4. The van der Waals surface area contributed by atoms with Crippen LogP contribution in [-0.2, 0) is 16.4 Å². The van der Waals surface area contributed by atoms with Gasteiger partial charge in [-0.1, -0.05) is 17.7 Å². The summed E-state index contributed by atoms with van der Waals surface area (Å²) in [7, 11) is -3.84. The maximum atomic E-state index is 12.1. The maximum Gasteiger partial charge on any atom is 0.289 e. The molecular weight excluding hydrogens is 330 g/mol. The van der Waals surface area contributed by atoms with Gasteiger partial charge in [-0.05, 0) is 24.3 Å². The molecule has 116 valence electrons. The molecule has 0 unspecified atom stereocenters. The lowest BCUT2D eigenvalue weighted by Gasteiger charge is -2.07. The third kappa shape index (κ3) is 4.00. The van der Waals surface area contributed by atoms with Crippen LogP contribution in [0.15, 0.2) is 47.5 Å². The minimum absolute atomic E-state index is 0.113. The molecule has 1 heterocycles. The lowest BCUT2D eigenvalue weighted by Crippen LogP contribution is -2.26. The van der Waals surface area contributed by atoms with Gasteiger partial charge in [0.15, 0.2) is 0 Å². The Kier molecular flexibility index (Phi) is 5.07. The van der Waals surface area contributed by atoms with Gasteiger partial charge >= 0.3 is 0 Å². The van der Waals surface area contributed by atoms with Gasteiger partial charge < -0.3 is 0 Å². The van der Waals surface area contributed by atoms with Crippen molar-refractivity contribution < 1.29 is 13.3 Å². The predicted molar refractivity (Wildman–Crippen MR) is 81.2 cm³/mol. The zero-order valence-electron chi connectivity index (χ0n) is 11.3. The second-order valence-electron chi connectivity index (χ2n) is 4.34. The van der Waals surface area contributed by atoms with Crippen LogP contribution in [0.3, 0.4) is 0 Å². The Morgan fingerprint density at radius 1 is 1.27 bits per heavy atom. The number of nitro benzene ring substituents is 1. The van der Waals surface area contributed by atoms with Gasteiger partial charge in [0.1, 0.15) is 5.02 Å². The summed E-state index contributed by atoms with van der Waals surface area (Å²) >= 11 is 5.66. The molecule has 0 fully saturated rings. The van der Waals surface area contributed by atoms with Crippen LogP contribution < -0.4 is 4.72 Å². The summed E-state index contributed by atoms with van der Waals surface area (Å²) in [4.78, 5) is 13.9. The van der Waals surface area contributed by atoms with E-state index in [1.165, 1.54) is 12.1 Å². The highest BCUT2D eigenvalue weighted by atomic mass is 35.5. The first-order valence-electron chi connectivity index (χ1n) is 6.23. The number of benzene rings is 1. The van der Waals surface area contributed by atoms with E-state index in [1.54, 1.807) is 24.4 Å². The quantitative estimate of drug-likeness (QED) is 0.640. The van der Waals surface area contributed by atoms with Crippen molar-refractivity contribution in [3.05, 3.63) is 63.4 Å².